The Labute approximate surface area is 584 Å². The Kier molecular flexibility index (Phi) is 38.6. The van der Waals surface area contributed by atoms with Crippen molar-refractivity contribution in [3.8, 4) is 0 Å². The van der Waals surface area contributed by atoms with Crippen LogP contribution in [-0.4, -0.2) is 208 Å². The molecule has 100 heavy (non-hydrogen) atoms. The van der Waals surface area contributed by atoms with Gasteiger partial charge in [-0.15, -0.1) is 0 Å². The fourth-order valence-corrected chi connectivity index (χ4v) is 9.77. The minimum Gasteiger partial charge on any atom is -0.480 e. The van der Waals surface area contributed by atoms with Crippen LogP contribution >= 0.6 is 12.6 Å². The molecule has 38 heteroatoms. The van der Waals surface area contributed by atoms with E-state index in [9.17, 15) is 77.0 Å². The number of carboxylic acid groups (broad SMARTS) is 1. The molecular weight excluding hydrogens is 1330 g/mol. The number of amides is 14. The van der Waals surface area contributed by atoms with Gasteiger partial charge < -0.3 is 108 Å². The SMILES string of the molecule is CC[C@H](C)[C@H](NC(=O)CNC(=O)[C@H](CS)NC(=O)[C@H](Cc1ccccc1)NC(=O)[C@@H](NC(=O)[C@@H](N)CCCCN)C(C)C)C(=O)N[C@H](C(=O)N[C@@H](C)C(=O)N[C@@H](Cc1cnc[nH]1)C(=O)N[C@@H](CCC(N)=O)C(=O)N[C@@H](CCCN=C(N)N)C(=O)NCC(=O)N[C@@H](CC(N)=O)C(=O)O)C(C)C. The van der Waals surface area contributed by atoms with Gasteiger partial charge in [0.05, 0.1) is 31.9 Å². The van der Waals surface area contributed by atoms with Gasteiger partial charge in [-0.3, -0.25) is 72.1 Å². The minimum absolute atomic E-state index is 0.0314. The first-order valence-corrected chi connectivity index (χ1v) is 33.3. The van der Waals surface area contributed by atoms with Crippen LogP contribution in [0, 0.1) is 17.8 Å². The Hall–Kier alpha value is -9.98. The number of imidazole rings is 1. The average Bonchev–Trinajstić information content (AvgIpc) is 0.926. The Bertz CT molecular complexity index is 3120. The molecule has 14 amide bonds. The molecule has 0 spiro atoms. The second-order valence-corrected chi connectivity index (χ2v) is 24.9. The highest BCUT2D eigenvalue weighted by Crippen LogP contribution is 2.14. The second-order valence-electron chi connectivity index (χ2n) is 24.5. The molecule has 556 valence electrons. The third-order valence-electron chi connectivity index (χ3n) is 15.5. The van der Waals surface area contributed by atoms with Crippen LogP contribution in [0.2, 0.25) is 0 Å². The Balaban J connectivity index is 2.28. The molecule has 37 nitrogen and oxygen atoms in total. The molecule has 0 saturated carbocycles. The minimum atomic E-state index is -1.73. The summed E-state index contributed by atoms with van der Waals surface area (Å²) in [6.07, 6.45) is 2.32. The standard InChI is InChI=1S/C62H101N21O16S/c1-8-33(6)50(81-47(87)28-72-54(91)43(29-100)80-56(93)40(23-35-15-10-9-11-16-35)79-59(96)49(32(4)5)82-52(89)37(64)17-12-13-21-63)60(97)83-48(31(2)3)58(95)74-34(7)51(88)78-41(24-36-26-69-30-73-36)57(94)77-39(19-20-44(65)84)55(92)76-38(18-14-22-70-62(67)68)53(90)71-27-46(86)75-42(61(98)99)25-45(66)85/h9-11,15-16,26,30-34,37-43,48-50,100H,8,12-14,17-25,27-29,63-64H2,1-7H3,(H2,65,84)(H2,66,85)(H,69,73)(H,71,90)(H,72,91)(H,74,95)(H,75,86)(H,76,92)(H,77,94)(H,78,88)(H,79,96)(H,80,93)(H,81,87)(H,82,89)(H,83,97)(H,98,99)(H4,67,68,70)/t33-,34-,37-,38-,39-,40-,41-,42-,43-,48-,49-,50-/m0/s1. The van der Waals surface area contributed by atoms with Crippen molar-refractivity contribution in [3.63, 3.8) is 0 Å². The molecule has 0 unspecified atom stereocenters. The molecule has 0 aliphatic rings. The van der Waals surface area contributed by atoms with E-state index in [0.717, 1.165) is 0 Å². The largest absolute Gasteiger partial charge is 0.480 e. The Morgan fingerprint density at radius 3 is 1.57 bits per heavy atom. The number of hydrogen-bond donors (Lipinski definition) is 21. The Morgan fingerprint density at radius 2 is 1.05 bits per heavy atom. The van der Waals surface area contributed by atoms with Crippen molar-refractivity contribution >= 4 is 107 Å². The molecule has 2 aromatic rings. The molecule has 0 fully saturated rings. The zero-order valence-corrected chi connectivity index (χ0v) is 58.2. The number of nitrogens with one attached hydrogen (secondary N) is 13. The number of carboxylic acids is 1. The lowest BCUT2D eigenvalue weighted by Gasteiger charge is -2.29. The number of aromatic nitrogens is 2. The van der Waals surface area contributed by atoms with E-state index in [1.807, 2.05) is 5.32 Å². The molecule has 0 aliphatic carbocycles. The number of unbranched alkanes of at least 4 members (excludes halogenated alkanes) is 1. The molecular formula is C62H101N21O16S. The van der Waals surface area contributed by atoms with Crippen molar-refractivity contribution in [2.45, 2.75) is 186 Å². The summed E-state index contributed by atoms with van der Waals surface area (Å²) < 4.78 is 0. The summed E-state index contributed by atoms with van der Waals surface area (Å²) in [7, 11) is 0. The Morgan fingerprint density at radius 1 is 0.540 bits per heavy atom. The van der Waals surface area contributed by atoms with Gasteiger partial charge in [-0.05, 0) is 68.9 Å². The average molecular weight is 1430 g/mol. The van der Waals surface area contributed by atoms with E-state index in [1.165, 1.54) is 19.4 Å². The molecule has 0 aliphatic heterocycles. The molecule has 1 aromatic carbocycles. The molecule has 0 bridgehead atoms. The number of benzene rings is 1. The van der Waals surface area contributed by atoms with Gasteiger partial charge in [-0.25, -0.2) is 9.78 Å². The summed E-state index contributed by atoms with van der Waals surface area (Å²) in [5, 5.41) is 39.3. The number of aromatic amines is 1. The van der Waals surface area contributed by atoms with Gasteiger partial charge in [0.25, 0.3) is 0 Å². The number of carbonyl (C=O) groups is 15. The number of aliphatic carboxylic acids is 1. The van der Waals surface area contributed by atoms with Crippen LogP contribution in [0.3, 0.4) is 0 Å². The number of thiol groups is 1. The smallest absolute Gasteiger partial charge is 0.326 e. The first-order chi connectivity index (χ1) is 47.1. The fourth-order valence-electron chi connectivity index (χ4n) is 9.52. The molecule has 1 heterocycles. The predicted molar refractivity (Wildman–Crippen MR) is 367 cm³/mol. The van der Waals surface area contributed by atoms with Crippen LogP contribution in [0.4, 0.5) is 0 Å². The van der Waals surface area contributed by atoms with E-state index >= 15 is 0 Å². The third kappa shape index (κ3) is 32.1. The number of guanidine groups is 1. The maximum absolute atomic E-state index is 14.3. The lowest BCUT2D eigenvalue weighted by molar-refractivity contribution is -0.143. The van der Waals surface area contributed by atoms with Crippen molar-refractivity contribution in [3.05, 3.63) is 54.1 Å². The molecule has 1 aromatic heterocycles. The first kappa shape index (κ1) is 86.1. The first-order valence-electron chi connectivity index (χ1n) is 32.6. The molecule has 0 radical (unpaired) electrons. The number of nitrogens with two attached hydrogens (primary N) is 6. The quantitative estimate of drug-likeness (QED) is 0.0127. The summed E-state index contributed by atoms with van der Waals surface area (Å²) in [6.45, 7) is 10.1. The van der Waals surface area contributed by atoms with Crippen LogP contribution in [0.25, 0.3) is 0 Å². The van der Waals surface area contributed by atoms with Gasteiger partial charge in [0.2, 0.25) is 82.7 Å². The number of hydrogen-bond acceptors (Lipinski definition) is 20. The summed E-state index contributed by atoms with van der Waals surface area (Å²) in [6, 6.07) is -6.50. The maximum atomic E-state index is 14.3. The van der Waals surface area contributed by atoms with Crippen LogP contribution < -0.4 is 98.2 Å². The van der Waals surface area contributed by atoms with Crippen LogP contribution in [0.5, 0.6) is 0 Å². The van der Waals surface area contributed by atoms with Crippen molar-refractivity contribution in [1.29, 1.82) is 0 Å². The highest BCUT2D eigenvalue weighted by Gasteiger charge is 2.37. The van der Waals surface area contributed by atoms with E-state index in [2.05, 4.69) is 86.1 Å². The fraction of sp³-hybridized carbons (Fsp3) is 0.597. The maximum Gasteiger partial charge on any atom is 0.326 e. The lowest BCUT2D eigenvalue weighted by Crippen LogP contribution is -2.61. The number of carbonyl (C=O) groups excluding carboxylic acids is 14. The highest BCUT2D eigenvalue weighted by atomic mass is 32.1. The topological polar surface area (TPSA) is 618 Å². The summed E-state index contributed by atoms with van der Waals surface area (Å²) in [5.74, 6) is -16.3. The van der Waals surface area contributed by atoms with Gasteiger partial charge in [0.15, 0.2) is 5.96 Å². The second kappa shape index (κ2) is 44.8. The number of primary amides is 2. The van der Waals surface area contributed by atoms with Crippen molar-refractivity contribution in [2.75, 3.05) is 31.9 Å². The van der Waals surface area contributed by atoms with Gasteiger partial charge in [-0.2, -0.15) is 12.6 Å². The summed E-state index contributed by atoms with van der Waals surface area (Å²) >= 11 is 4.27. The van der Waals surface area contributed by atoms with Gasteiger partial charge in [-0.1, -0.05) is 84.7 Å². The normalized spacial score (nSPS) is 14.6. The van der Waals surface area contributed by atoms with E-state index < -0.39 is 205 Å². The van der Waals surface area contributed by atoms with Crippen LogP contribution in [0.15, 0.2) is 47.8 Å². The third-order valence-corrected chi connectivity index (χ3v) is 15.8. The zero-order valence-electron chi connectivity index (χ0n) is 57.3. The van der Waals surface area contributed by atoms with E-state index in [4.69, 9.17) is 34.4 Å². The zero-order chi connectivity index (χ0) is 75.3. The van der Waals surface area contributed by atoms with Crippen LogP contribution in [-0.2, 0) is 84.8 Å². The number of nitrogens with zero attached hydrogens (tertiary/aromatic N) is 2. The van der Waals surface area contributed by atoms with Crippen LogP contribution in [0.1, 0.15) is 118 Å². The van der Waals surface area contributed by atoms with Crippen molar-refractivity contribution in [2.24, 2.45) is 57.1 Å². The van der Waals surface area contributed by atoms with Gasteiger partial charge in [0.1, 0.15) is 60.4 Å². The predicted octanol–water partition coefficient (Wildman–Crippen LogP) is -6.68. The molecule has 0 saturated heterocycles. The van der Waals surface area contributed by atoms with Crippen molar-refractivity contribution in [1.82, 2.24) is 73.8 Å². The summed E-state index contributed by atoms with van der Waals surface area (Å²) in [5.41, 5.74) is 34.0. The van der Waals surface area contributed by atoms with Gasteiger partial charge in [0, 0.05) is 43.5 Å². The molecule has 12 atom stereocenters. The monoisotopic (exact) mass is 1430 g/mol. The summed E-state index contributed by atoms with van der Waals surface area (Å²) in [4.78, 5) is 210. The number of rotatable bonds is 47. The van der Waals surface area contributed by atoms with E-state index in [1.54, 1.807) is 71.9 Å². The molecule has 2 rings (SSSR count). The number of aliphatic imine (C=N–C) groups is 1. The van der Waals surface area contributed by atoms with E-state index in [0.29, 0.717) is 43.5 Å². The number of H-pyrrole nitrogens is 1. The van der Waals surface area contributed by atoms with E-state index in [-0.39, 0.29) is 43.9 Å². The van der Waals surface area contributed by atoms with Crippen molar-refractivity contribution < 1.29 is 77.0 Å². The highest BCUT2D eigenvalue weighted by molar-refractivity contribution is 7.80. The molecule has 26 N–H and O–H groups in total. The lowest BCUT2D eigenvalue weighted by atomic mass is 9.96. The van der Waals surface area contributed by atoms with Gasteiger partial charge >= 0.3 is 5.97 Å².